The van der Waals surface area contributed by atoms with Crippen molar-refractivity contribution in [3.63, 3.8) is 0 Å². The molecule has 1 heteroatoms. The largest absolute Gasteiger partial charge is 0.314 e. The number of benzene rings is 10. The minimum absolute atomic E-state index is 0.524. The van der Waals surface area contributed by atoms with E-state index in [4.69, 9.17) is 0 Å². The van der Waals surface area contributed by atoms with Gasteiger partial charge in [0.1, 0.15) is 0 Å². The summed E-state index contributed by atoms with van der Waals surface area (Å²) in [5.41, 5.74) is 15.0. The summed E-state index contributed by atoms with van der Waals surface area (Å²) in [7, 11) is 0. The average Bonchev–Trinajstić information content (AvgIpc) is 3.66. The molecule has 0 aromatic heterocycles. The molecule has 0 saturated heterocycles. The van der Waals surface area contributed by atoms with Crippen molar-refractivity contribution < 1.29 is 0 Å². The summed E-state index contributed by atoms with van der Waals surface area (Å²) in [6, 6.07) is 82.2. The van der Waals surface area contributed by atoms with Crippen LogP contribution in [-0.4, -0.2) is 0 Å². The maximum Gasteiger partial charge on any atom is 0.0714 e. The Hall–Kier alpha value is -8.00. The molecule has 298 valence electrons. The van der Waals surface area contributed by atoms with Crippen LogP contribution in [0, 0.1) is 0 Å². The molecule has 63 heavy (non-hydrogen) atoms. The molecule has 0 spiro atoms. The molecule has 10 aromatic carbocycles. The van der Waals surface area contributed by atoms with E-state index in [2.05, 4.69) is 255 Å². The quantitative estimate of drug-likeness (QED) is 0.104. The Morgan fingerprint density at radius 3 is 1.76 bits per heavy atom. The molecular formula is C62H45N. The maximum absolute atomic E-state index is 4.22. The van der Waals surface area contributed by atoms with Gasteiger partial charge in [0.05, 0.1) is 11.1 Å². The van der Waals surface area contributed by atoms with Crippen molar-refractivity contribution in [1.29, 1.82) is 0 Å². The molecule has 0 unspecified atom stereocenters. The van der Waals surface area contributed by atoms with E-state index >= 15 is 0 Å². The molecule has 10 aromatic rings. The molecule has 1 nitrogen and oxygen atoms in total. The van der Waals surface area contributed by atoms with Gasteiger partial charge in [-0.05, 0) is 120 Å². The maximum atomic E-state index is 4.22. The fourth-order valence-electron chi connectivity index (χ4n) is 10.4. The molecule has 0 heterocycles. The first-order valence-electron chi connectivity index (χ1n) is 21.8. The van der Waals surface area contributed by atoms with Crippen molar-refractivity contribution in [2.75, 3.05) is 4.90 Å². The monoisotopic (exact) mass is 803 g/mol. The number of hydrogen-bond acceptors (Lipinski definition) is 1. The van der Waals surface area contributed by atoms with E-state index in [0.29, 0.717) is 0 Å². The van der Waals surface area contributed by atoms with Crippen LogP contribution in [0.2, 0.25) is 0 Å². The van der Waals surface area contributed by atoms with Crippen molar-refractivity contribution in [3.8, 4) is 22.3 Å². The van der Waals surface area contributed by atoms with Crippen molar-refractivity contribution in [3.05, 3.63) is 283 Å². The van der Waals surface area contributed by atoms with Crippen LogP contribution in [0.15, 0.2) is 255 Å². The molecule has 0 radical (unpaired) electrons. The average molecular weight is 804 g/mol. The van der Waals surface area contributed by atoms with Crippen molar-refractivity contribution >= 4 is 49.3 Å². The molecule has 0 N–H and O–H groups in total. The highest BCUT2D eigenvalue weighted by Crippen LogP contribution is 2.59. The molecule has 0 amide bonds. The van der Waals surface area contributed by atoms with Gasteiger partial charge in [0.2, 0.25) is 0 Å². The van der Waals surface area contributed by atoms with Crippen molar-refractivity contribution in [1.82, 2.24) is 0 Å². The number of allylic oxidation sites excluding steroid dienone is 5. The Balaban J connectivity index is 1.16. The first kappa shape index (κ1) is 38.0. The van der Waals surface area contributed by atoms with E-state index in [0.717, 1.165) is 22.6 Å². The Morgan fingerprint density at radius 1 is 0.476 bits per heavy atom. The van der Waals surface area contributed by atoms with E-state index in [-0.39, 0.29) is 0 Å². The van der Waals surface area contributed by atoms with Crippen LogP contribution in [0.5, 0.6) is 0 Å². The van der Waals surface area contributed by atoms with Crippen molar-refractivity contribution in [2.24, 2.45) is 0 Å². The third-order valence-electron chi connectivity index (χ3n) is 13.0. The van der Waals surface area contributed by atoms with Crippen LogP contribution in [-0.2, 0) is 5.41 Å². The predicted molar refractivity (Wildman–Crippen MR) is 269 cm³/mol. The molecule has 0 fully saturated rings. The third kappa shape index (κ3) is 6.24. The van der Waals surface area contributed by atoms with Gasteiger partial charge in [-0.15, -0.1) is 0 Å². The van der Waals surface area contributed by atoms with Crippen LogP contribution >= 0.6 is 0 Å². The minimum Gasteiger partial charge on any atom is -0.314 e. The smallest absolute Gasteiger partial charge is 0.0714 e. The second kappa shape index (κ2) is 15.8. The minimum atomic E-state index is -0.524. The van der Waals surface area contributed by atoms with Crippen LogP contribution < -0.4 is 4.90 Å². The summed E-state index contributed by atoms with van der Waals surface area (Å²) in [4.78, 5) is 2.47. The molecule has 1 aliphatic rings. The third-order valence-corrected chi connectivity index (χ3v) is 13.0. The van der Waals surface area contributed by atoms with Gasteiger partial charge in [0, 0.05) is 16.9 Å². The first-order chi connectivity index (χ1) is 31.1. The summed E-state index contributed by atoms with van der Waals surface area (Å²) in [5.74, 6) is 0. The van der Waals surface area contributed by atoms with E-state index < -0.39 is 5.41 Å². The molecule has 0 saturated carbocycles. The standard InChI is InChI=1S/C62H45N/c1-3-20-46(57-42-47-22-11-13-29-53(47)54-30-14-15-31-55(54)57)41-43(2)63(50-39-37-45(38-40-50)52-33-18-23-44-21-10-12-28-51(44)52)60-36-19-35-59-61(60)56-32-16-17-34-58(56)62(59,48-24-6-4-7-25-48)49-26-8-5-9-27-49/h3-42H,1H2,2H3/b43-41+,46-20+. The van der Waals surface area contributed by atoms with Crippen LogP contribution in [0.3, 0.4) is 0 Å². The lowest BCUT2D eigenvalue weighted by atomic mass is 9.68. The van der Waals surface area contributed by atoms with Crippen LogP contribution in [0.4, 0.5) is 11.4 Å². The summed E-state index contributed by atoms with van der Waals surface area (Å²) >= 11 is 0. The molecule has 1 aliphatic carbocycles. The lowest BCUT2D eigenvalue weighted by Gasteiger charge is -2.34. The highest BCUT2D eigenvalue weighted by atomic mass is 15.1. The Morgan fingerprint density at radius 2 is 1.03 bits per heavy atom. The lowest BCUT2D eigenvalue weighted by Crippen LogP contribution is -2.28. The first-order valence-corrected chi connectivity index (χ1v) is 21.8. The SMILES string of the molecule is C=C/C=C(\C=C(/C)N(c1ccc(-c2cccc3ccccc23)cc1)c1cccc2c1-c1ccccc1C2(c1ccccc1)c1ccccc1)c1cc2ccccc2c2ccccc12. The summed E-state index contributed by atoms with van der Waals surface area (Å²) in [6.45, 7) is 6.47. The normalized spacial score (nSPS) is 13.2. The fraction of sp³-hybridized carbons (Fsp3) is 0.0323. The van der Waals surface area contributed by atoms with Gasteiger partial charge in [0.25, 0.3) is 0 Å². The second-order valence-corrected chi connectivity index (χ2v) is 16.5. The van der Waals surface area contributed by atoms with Gasteiger partial charge in [-0.3, -0.25) is 0 Å². The van der Waals surface area contributed by atoms with E-state index in [1.165, 1.54) is 82.4 Å². The van der Waals surface area contributed by atoms with Gasteiger partial charge in [-0.25, -0.2) is 0 Å². The van der Waals surface area contributed by atoms with Gasteiger partial charge < -0.3 is 4.90 Å². The Labute approximate surface area is 369 Å². The predicted octanol–water partition coefficient (Wildman–Crippen LogP) is 16.5. The highest BCUT2D eigenvalue weighted by molar-refractivity contribution is 6.13. The fourth-order valence-corrected chi connectivity index (χ4v) is 10.4. The number of rotatable bonds is 9. The van der Waals surface area contributed by atoms with Crippen molar-refractivity contribution in [2.45, 2.75) is 12.3 Å². The van der Waals surface area contributed by atoms with E-state index in [1.807, 2.05) is 6.08 Å². The van der Waals surface area contributed by atoms with E-state index in [9.17, 15) is 0 Å². The molecule has 11 rings (SSSR count). The highest BCUT2D eigenvalue weighted by Gasteiger charge is 2.47. The number of anilines is 2. The number of nitrogens with zero attached hydrogens (tertiary/aromatic N) is 1. The zero-order valence-corrected chi connectivity index (χ0v) is 35.2. The zero-order chi connectivity index (χ0) is 42.3. The molecule has 0 aliphatic heterocycles. The lowest BCUT2D eigenvalue weighted by molar-refractivity contribution is 0.768. The molecular weight excluding hydrogens is 759 g/mol. The number of hydrogen-bond donors (Lipinski definition) is 0. The van der Waals surface area contributed by atoms with Crippen LogP contribution in [0.25, 0.3) is 60.1 Å². The van der Waals surface area contributed by atoms with Crippen LogP contribution in [0.1, 0.15) is 34.7 Å². The van der Waals surface area contributed by atoms with E-state index in [1.54, 1.807) is 0 Å². The summed E-state index contributed by atoms with van der Waals surface area (Å²) in [5, 5.41) is 7.40. The topological polar surface area (TPSA) is 3.24 Å². The summed E-state index contributed by atoms with van der Waals surface area (Å²) < 4.78 is 0. The zero-order valence-electron chi connectivity index (χ0n) is 35.2. The van der Waals surface area contributed by atoms with Gasteiger partial charge in [-0.1, -0.05) is 219 Å². The number of fused-ring (bicyclic) bond motifs is 7. The van der Waals surface area contributed by atoms with Gasteiger partial charge in [-0.2, -0.15) is 0 Å². The summed E-state index contributed by atoms with van der Waals surface area (Å²) in [6.07, 6.45) is 6.41. The van der Waals surface area contributed by atoms with Gasteiger partial charge in [0.15, 0.2) is 0 Å². The van der Waals surface area contributed by atoms with Gasteiger partial charge >= 0.3 is 0 Å². The molecule has 0 bridgehead atoms. The second-order valence-electron chi connectivity index (χ2n) is 16.5. The molecule has 0 atom stereocenters. The Bertz CT molecular complexity index is 3360. The Kier molecular flexibility index (Phi) is 9.52.